The zero-order chi connectivity index (χ0) is 29.1. The van der Waals surface area contributed by atoms with Crippen molar-refractivity contribution < 1.29 is 24.1 Å². The second-order valence-corrected chi connectivity index (χ2v) is 10.5. The molecule has 0 spiro atoms. The number of imidazole rings is 1. The number of fused-ring (bicyclic) bond motifs is 4. The highest BCUT2D eigenvalue weighted by Gasteiger charge is 2.46. The summed E-state index contributed by atoms with van der Waals surface area (Å²) in [5, 5.41) is 20.5. The molecule has 4 N–H and O–H groups in total. The molecule has 5 aromatic rings. The second-order valence-electron chi connectivity index (χ2n) is 10.5. The summed E-state index contributed by atoms with van der Waals surface area (Å²) >= 11 is 0. The van der Waals surface area contributed by atoms with E-state index in [0.717, 1.165) is 22.2 Å². The summed E-state index contributed by atoms with van der Waals surface area (Å²) in [6.45, 7) is 0.801. The van der Waals surface area contributed by atoms with E-state index in [1.807, 2.05) is 34.9 Å². The third-order valence-corrected chi connectivity index (χ3v) is 8.32. The van der Waals surface area contributed by atoms with Gasteiger partial charge >= 0.3 is 0 Å². The quantitative estimate of drug-likeness (QED) is 0.246. The topological polar surface area (TPSA) is 154 Å². The molecular formula is C30H29N7O5. The zero-order valence-corrected chi connectivity index (χ0v) is 23.2. The number of aromatic nitrogens is 5. The molecular weight excluding hydrogens is 538 g/mol. The van der Waals surface area contributed by atoms with Gasteiger partial charge in [0.1, 0.15) is 11.2 Å². The molecule has 1 aliphatic carbocycles. The van der Waals surface area contributed by atoms with Gasteiger partial charge in [-0.3, -0.25) is 10.2 Å². The summed E-state index contributed by atoms with van der Waals surface area (Å²) in [5.74, 6) is 0.620. The highest BCUT2D eigenvalue weighted by atomic mass is 16.5. The number of H-pyrrole nitrogens is 2. The molecule has 1 saturated heterocycles. The first kappa shape index (κ1) is 25.8. The second kappa shape index (κ2) is 9.77. The van der Waals surface area contributed by atoms with Gasteiger partial charge < -0.3 is 38.8 Å². The zero-order valence-electron chi connectivity index (χ0n) is 23.2. The molecule has 0 bridgehead atoms. The van der Waals surface area contributed by atoms with Gasteiger partial charge in [-0.1, -0.05) is 24.3 Å². The Balaban J connectivity index is 1.32. The number of nitrogens with one attached hydrogen (secondary N) is 3. The fourth-order valence-corrected chi connectivity index (χ4v) is 6.42. The Morgan fingerprint density at radius 2 is 1.90 bits per heavy atom. The number of amides is 1. The predicted molar refractivity (Wildman–Crippen MR) is 153 cm³/mol. The maximum Gasteiger partial charge on any atom is 0.274 e. The van der Waals surface area contributed by atoms with E-state index in [-0.39, 0.29) is 23.2 Å². The molecule has 7 rings (SSSR count). The number of hydrogen-bond donors (Lipinski definition) is 4. The van der Waals surface area contributed by atoms with Gasteiger partial charge in [-0.2, -0.15) is 0 Å². The standard InChI is InChI=1S/C30H29N7O5/c1-40-21-10-16-8-19(35-23(16)27(42-3)26(21)41-2)30(39)37-12-17(11-36-14-34-28(31)24-29(36)33-13-32-24)22-20(37)9-15-6-4-5-7-18(15)25(22)38/h4-10,13-14,17,22,25,31,35,38H,11-12H2,1-3H3,(H,32,33)/t17-,22?,25?/m1/s1. The molecule has 2 unspecified atom stereocenters. The lowest BCUT2D eigenvalue weighted by atomic mass is 9.79. The Bertz CT molecular complexity index is 1950. The van der Waals surface area contributed by atoms with Crippen LogP contribution in [-0.4, -0.2) is 68.3 Å². The monoisotopic (exact) mass is 567 g/mol. The summed E-state index contributed by atoms with van der Waals surface area (Å²) in [6.07, 6.45) is 4.32. The summed E-state index contributed by atoms with van der Waals surface area (Å²) in [7, 11) is 4.62. The van der Waals surface area contributed by atoms with E-state index in [4.69, 9.17) is 19.6 Å². The van der Waals surface area contributed by atoms with Crippen molar-refractivity contribution in [3.63, 3.8) is 0 Å². The molecule has 12 heteroatoms. The van der Waals surface area contributed by atoms with Crippen molar-refractivity contribution in [3.8, 4) is 17.2 Å². The number of carbonyl (C=O) groups excluding carboxylic acids is 1. The van der Waals surface area contributed by atoms with Gasteiger partial charge in [-0.05, 0) is 29.3 Å². The average molecular weight is 568 g/mol. The van der Waals surface area contributed by atoms with Gasteiger partial charge in [0.05, 0.1) is 45.6 Å². The van der Waals surface area contributed by atoms with Gasteiger partial charge in [0.2, 0.25) is 5.75 Å². The Hall–Kier alpha value is -5.10. The van der Waals surface area contributed by atoms with Crippen LogP contribution < -0.4 is 19.7 Å². The minimum Gasteiger partial charge on any atom is -0.493 e. The molecule has 2 aromatic carbocycles. The van der Waals surface area contributed by atoms with Gasteiger partial charge in [0, 0.05) is 36.0 Å². The Morgan fingerprint density at radius 1 is 1.10 bits per heavy atom. The minimum absolute atomic E-state index is 0.108. The van der Waals surface area contributed by atoms with E-state index in [2.05, 4.69) is 19.9 Å². The Morgan fingerprint density at radius 3 is 2.69 bits per heavy atom. The number of benzene rings is 2. The number of carbonyl (C=O) groups is 1. The maximum atomic E-state index is 14.2. The SMILES string of the molecule is COc1cc2cc(C(=O)N3C[C@@H](Cn4cnc(=N)c5[nH]cnc54)C4C3=Cc3ccccc3C4O)[nH]c2c(OC)c1OC. The van der Waals surface area contributed by atoms with Crippen molar-refractivity contribution in [1.29, 1.82) is 5.41 Å². The third-order valence-electron chi connectivity index (χ3n) is 8.32. The Kier molecular flexibility index (Phi) is 6.01. The predicted octanol–water partition coefficient (Wildman–Crippen LogP) is 3.22. The average Bonchev–Trinajstić information content (AvgIpc) is 3.75. The molecule has 2 aliphatic rings. The molecule has 1 fully saturated rings. The fraction of sp³-hybridized carbons (Fsp3) is 0.267. The lowest BCUT2D eigenvalue weighted by molar-refractivity contribution is 0.0809. The molecule has 1 aliphatic heterocycles. The molecule has 42 heavy (non-hydrogen) atoms. The molecule has 4 heterocycles. The molecule has 0 radical (unpaired) electrons. The number of methoxy groups -OCH3 is 3. The van der Waals surface area contributed by atoms with Crippen LogP contribution in [0.15, 0.2) is 54.7 Å². The van der Waals surface area contributed by atoms with E-state index in [9.17, 15) is 9.90 Å². The third kappa shape index (κ3) is 3.79. The van der Waals surface area contributed by atoms with Crippen LogP contribution in [0.5, 0.6) is 17.2 Å². The first-order valence-corrected chi connectivity index (χ1v) is 13.5. The van der Waals surface area contributed by atoms with Crippen molar-refractivity contribution in [2.75, 3.05) is 27.9 Å². The molecule has 3 aromatic heterocycles. The smallest absolute Gasteiger partial charge is 0.274 e. The van der Waals surface area contributed by atoms with Crippen LogP contribution in [-0.2, 0) is 6.54 Å². The van der Waals surface area contributed by atoms with Crippen LogP contribution >= 0.6 is 0 Å². The van der Waals surface area contributed by atoms with E-state index < -0.39 is 6.10 Å². The highest BCUT2D eigenvalue weighted by Crippen LogP contribution is 2.48. The van der Waals surface area contributed by atoms with Crippen molar-refractivity contribution in [1.82, 2.24) is 29.4 Å². The number of aliphatic hydroxyl groups is 1. The number of rotatable bonds is 6. The largest absolute Gasteiger partial charge is 0.493 e. The van der Waals surface area contributed by atoms with Gasteiger partial charge in [0.25, 0.3) is 5.91 Å². The van der Waals surface area contributed by atoms with Crippen LogP contribution in [0.3, 0.4) is 0 Å². The molecule has 3 atom stereocenters. The first-order valence-electron chi connectivity index (χ1n) is 13.5. The molecule has 214 valence electrons. The molecule has 0 saturated carbocycles. The first-order chi connectivity index (χ1) is 20.4. The van der Waals surface area contributed by atoms with Crippen LogP contribution in [0.4, 0.5) is 0 Å². The summed E-state index contributed by atoms with van der Waals surface area (Å²) < 4.78 is 18.5. The Labute approximate surface area is 239 Å². The maximum absolute atomic E-state index is 14.2. The number of nitrogens with zero attached hydrogens (tertiary/aromatic N) is 4. The van der Waals surface area contributed by atoms with Crippen LogP contribution in [0, 0.1) is 17.2 Å². The number of aromatic amines is 2. The van der Waals surface area contributed by atoms with Crippen molar-refractivity contribution in [3.05, 3.63) is 77.1 Å². The number of likely N-dealkylation sites (tertiary alicyclic amines) is 1. The van der Waals surface area contributed by atoms with E-state index in [1.54, 1.807) is 30.5 Å². The van der Waals surface area contributed by atoms with E-state index in [1.165, 1.54) is 20.5 Å². The van der Waals surface area contributed by atoms with Gasteiger partial charge in [-0.15, -0.1) is 0 Å². The van der Waals surface area contributed by atoms with Crippen molar-refractivity contribution in [2.45, 2.75) is 12.6 Å². The minimum atomic E-state index is -0.806. The van der Waals surface area contributed by atoms with Crippen molar-refractivity contribution >= 4 is 34.1 Å². The summed E-state index contributed by atoms with van der Waals surface area (Å²) in [6, 6.07) is 11.3. The number of ether oxygens (including phenoxy) is 3. The van der Waals surface area contributed by atoms with Crippen LogP contribution in [0.1, 0.15) is 27.7 Å². The summed E-state index contributed by atoms with van der Waals surface area (Å²) in [4.78, 5) is 30.8. The van der Waals surface area contributed by atoms with Crippen molar-refractivity contribution in [2.24, 2.45) is 11.8 Å². The van der Waals surface area contributed by atoms with Crippen LogP contribution in [0.2, 0.25) is 0 Å². The van der Waals surface area contributed by atoms with Gasteiger partial charge in [-0.25, -0.2) is 9.97 Å². The van der Waals surface area contributed by atoms with E-state index in [0.29, 0.717) is 52.7 Å². The van der Waals surface area contributed by atoms with E-state index >= 15 is 0 Å². The fourth-order valence-electron chi connectivity index (χ4n) is 6.42. The lowest BCUT2D eigenvalue weighted by Gasteiger charge is -2.31. The number of aliphatic hydroxyl groups excluding tert-OH is 1. The summed E-state index contributed by atoms with van der Waals surface area (Å²) in [5.41, 5.74) is 4.69. The molecule has 12 nitrogen and oxygen atoms in total. The number of hydrogen-bond acceptors (Lipinski definition) is 8. The normalized spacial score (nSPS) is 19.5. The van der Waals surface area contributed by atoms with Gasteiger partial charge in [0.15, 0.2) is 22.6 Å². The highest BCUT2D eigenvalue weighted by molar-refractivity contribution is 6.02. The molecule has 1 amide bonds. The lowest BCUT2D eigenvalue weighted by Crippen LogP contribution is -2.29. The van der Waals surface area contributed by atoms with Crippen LogP contribution in [0.25, 0.3) is 28.1 Å².